The first-order valence-electron chi connectivity index (χ1n) is 11.2. The van der Waals surface area contributed by atoms with Crippen LogP contribution in [0.3, 0.4) is 0 Å². The van der Waals surface area contributed by atoms with E-state index in [9.17, 15) is 18.0 Å². The second kappa shape index (κ2) is 9.99. The number of anilines is 1. The lowest BCUT2D eigenvalue weighted by atomic mass is 10.0. The van der Waals surface area contributed by atoms with Gasteiger partial charge in [0.2, 0.25) is 10.0 Å². The number of hydrogen-bond acceptors (Lipinski definition) is 6. The Kier molecular flexibility index (Phi) is 7.04. The van der Waals surface area contributed by atoms with E-state index in [4.69, 9.17) is 9.47 Å². The smallest absolute Gasteiger partial charge is 0.414 e. The second-order valence-corrected chi connectivity index (χ2v) is 10.4. The highest BCUT2D eigenvalue weighted by atomic mass is 32.2. The molecule has 2 aliphatic rings. The van der Waals surface area contributed by atoms with Gasteiger partial charge in [0.15, 0.2) is 0 Å². The van der Waals surface area contributed by atoms with E-state index in [2.05, 4.69) is 6.58 Å². The molecule has 0 bridgehead atoms. The third-order valence-electron chi connectivity index (χ3n) is 6.05. The van der Waals surface area contributed by atoms with Gasteiger partial charge in [0.05, 0.1) is 16.3 Å². The average Bonchev–Trinajstić information content (AvgIpc) is 2.82. The molecule has 0 radical (unpaired) electrons. The zero-order valence-electron chi connectivity index (χ0n) is 19.1. The number of rotatable bonds is 7. The van der Waals surface area contributed by atoms with Crippen LogP contribution in [0.5, 0.6) is 0 Å². The summed E-state index contributed by atoms with van der Waals surface area (Å²) in [6, 6.07) is 14.1. The number of carbonyl (C=O) groups excluding carboxylic acids is 2. The summed E-state index contributed by atoms with van der Waals surface area (Å²) in [5.74, 6) is -0.0242. The van der Waals surface area contributed by atoms with Gasteiger partial charge in [-0.05, 0) is 49.9 Å². The number of hydrogen-bond donors (Lipinski definition) is 0. The predicted octanol–water partition coefficient (Wildman–Crippen LogP) is 4.01. The number of ether oxygens (including phenoxy) is 2. The summed E-state index contributed by atoms with van der Waals surface area (Å²) >= 11 is 0. The molecule has 0 saturated carbocycles. The number of benzene rings is 2. The van der Waals surface area contributed by atoms with Crippen LogP contribution in [-0.2, 0) is 37.3 Å². The molecular weight excluding hydrogens is 456 g/mol. The maximum absolute atomic E-state index is 13.2. The van der Waals surface area contributed by atoms with Crippen molar-refractivity contribution in [2.75, 3.05) is 18.0 Å². The van der Waals surface area contributed by atoms with Gasteiger partial charge in [0.25, 0.3) is 0 Å². The number of aryl methyl sites for hydroxylation is 1. The third-order valence-corrected chi connectivity index (χ3v) is 7.97. The van der Waals surface area contributed by atoms with Crippen LogP contribution in [0.2, 0.25) is 0 Å². The van der Waals surface area contributed by atoms with Crippen molar-refractivity contribution in [3.8, 4) is 0 Å². The zero-order valence-corrected chi connectivity index (χ0v) is 19.9. The summed E-state index contributed by atoms with van der Waals surface area (Å²) < 4.78 is 38.1. The lowest BCUT2D eigenvalue weighted by Gasteiger charge is -2.39. The molecule has 0 spiro atoms. The van der Waals surface area contributed by atoms with Crippen LogP contribution >= 0.6 is 0 Å². The molecule has 1 amide bonds. The van der Waals surface area contributed by atoms with Gasteiger partial charge in [-0.1, -0.05) is 36.9 Å². The summed E-state index contributed by atoms with van der Waals surface area (Å²) in [4.78, 5) is 26.0. The number of para-hydroxylation sites is 1. The van der Waals surface area contributed by atoms with Gasteiger partial charge < -0.3 is 9.47 Å². The van der Waals surface area contributed by atoms with Gasteiger partial charge in [0, 0.05) is 31.1 Å². The van der Waals surface area contributed by atoms with E-state index in [1.54, 1.807) is 36.1 Å². The van der Waals surface area contributed by atoms with Gasteiger partial charge in [-0.15, -0.1) is 0 Å². The van der Waals surface area contributed by atoms with E-state index < -0.39 is 10.0 Å². The Labute approximate surface area is 199 Å². The maximum Gasteiger partial charge on any atom is 0.414 e. The average molecular weight is 485 g/mol. The van der Waals surface area contributed by atoms with E-state index in [0.717, 1.165) is 16.8 Å². The number of amides is 1. The molecule has 2 aromatic rings. The summed E-state index contributed by atoms with van der Waals surface area (Å²) in [6.45, 7) is 6.03. The van der Waals surface area contributed by atoms with Crippen molar-refractivity contribution in [3.63, 3.8) is 0 Å². The lowest BCUT2D eigenvalue weighted by molar-refractivity contribution is -0.139. The highest BCUT2D eigenvalue weighted by Gasteiger charge is 2.37. The minimum atomic E-state index is -3.66. The lowest BCUT2D eigenvalue weighted by Crippen LogP contribution is -2.50. The molecular formula is C25H28N2O6S. The van der Waals surface area contributed by atoms with Crippen LogP contribution in [0.1, 0.15) is 37.3 Å². The van der Waals surface area contributed by atoms with Crippen molar-refractivity contribution in [2.45, 2.75) is 50.2 Å². The SMILES string of the molecule is C=C(C)OC(=O)CCc1ccc(S(=O)(=O)N2CCC(N3C(=O)OCc4ccccc43)CC2)cc1. The first-order valence-corrected chi connectivity index (χ1v) is 12.7. The van der Waals surface area contributed by atoms with Crippen molar-refractivity contribution >= 4 is 27.8 Å². The van der Waals surface area contributed by atoms with E-state index in [1.807, 2.05) is 24.3 Å². The minimum Gasteiger partial charge on any atom is -0.444 e. The standard InChI is InChI=1S/C25H28N2O6S/c1-18(2)33-24(28)12-9-19-7-10-22(11-8-19)34(30,31)26-15-13-21(14-16-26)27-23-6-4-3-5-20(23)17-32-25(27)29/h3-8,10-11,21H,1,9,12-17H2,2H3. The molecule has 0 atom stereocenters. The van der Waals surface area contributed by atoms with Crippen molar-refractivity contribution in [3.05, 3.63) is 72.0 Å². The molecule has 1 fully saturated rings. The van der Waals surface area contributed by atoms with Gasteiger partial charge >= 0.3 is 12.1 Å². The summed E-state index contributed by atoms with van der Waals surface area (Å²) in [7, 11) is -3.66. The number of nitrogens with zero attached hydrogens (tertiary/aromatic N) is 2. The quantitative estimate of drug-likeness (QED) is 0.436. The number of allylic oxidation sites excluding steroid dienone is 1. The fourth-order valence-electron chi connectivity index (χ4n) is 4.33. The first-order chi connectivity index (χ1) is 16.3. The first kappa shape index (κ1) is 24.0. The molecule has 2 aromatic carbocycles. The summed E-state index contributed by atoms with van der Waals surface area (Å²) in [6.07, 6.45) is 1.29. The van der Waals surface area contributed by atoms with Crippen LogP contribution in [0.15, 0.2) is 65.8 Å². The molecule has 34 heavy (non-hydrogen) atoms. The molecule has 8 nitrogen and oxygen atoms in total. The molecule has 0 unspecified atom stereocenters. The Balaban J connectivity index is 1.38. The second-order valence-electron chi connectivity index (χ2n) is 8.51. The molecule has 9 heteroatoms. The van der Waals surface area contributed by atoms with Crippen molar-refractivity contribution in [1.82, 2.24) is 4.31 Å². The van der Waals surface area contributed by atoms with E-state index >= 15 is 0 Å². The molecule has 4 rings (SSSR count). The molecule has 0 N–H and O–H groups in total. The molecule has 0 aromatic heterocycles. The number of piperidine rings is 1. The number of carbonyl (C=O) groups is 2. The monoisotopic (exact) mass is 484 g/mol. The maximum atomic E-state index is 13.2. The van der Waals surface area contributed by atoms with Crippen LogP contribution < -0.4 is 4.90 Å². The van der Waals surface area contributed by atoms with Crippen LogP contribution in [0.25, 0.3) is 0 Å². The molecule has 2 heterocycles. The number of esters is 1. The topological polar surface area (TPSA) is 93.2 Å². The Bertz CT molecular complexity index is 1180. The Morgan fingerprint density at radius 1 is 1.12 bits per heavy atom. The summed E-state index contributed by atoms with van der Waals surface area (Å²) in [5, 5.41) is 0. The van der Waals surface area contributed by atoms with Crippen LogP contribution in [0.4, 0.5) is 10.5 Å². The van der Waals surface area contributed by atoms with Crippen LogP contribution in [-0.4, -0.2) is 43.9 Å². The highest BCUT2D eigenvalue weighted by molar-refractivity contribution is 7.89. The van der Waals surface area contributed by atoms with E-state index in [0.29, 0.717) is 38.1 Å². The highest BCUT2D eigenvalue weighted by Crippen LogP contribution is 2.32. The fourth-order valence-corrected chi connectivity index (χ4v) is 5.80. The third kappa shape index (κ3) is 5.15. The van der Waals surface area contributed by atoms with Crippen molar-refractivity contribution < 1.29 is 27.5 Å². The van der Waals surface area contributed by atoms with E-state index in [-0.39, 0.29) is 36.0 Å². The predicted molar refractivity (Wildman–Crippen MR) is 127 cm³/mol. The molecule has 180 valence electrons. The Morgan fingerprint density at radius 2 is 1.79 bits per heavy atom. The van der Waals surface area contributed by atoms with Crippen molar-refractivity contribution in [1.29, 1.82) is 0 Å². The fraction of sp³-hybridized carbons (Fsp3) is 0.360. The summed E-state index contributed by atoms with van der Waals surface area (Å²) in [5.41, 5.74) is 2.63. The molecule has 1 saturated heterocycles. The van der Waals surface area contributed by atoms with Gasteiger partial charge in [-0.25, -0.2) is 13.2 Å². The van der Waals surface area contributed by atoms with Crippen LogP contribution in [0, 0.1) is 0 Å². The minimum absolute atomic E-state index is 0.123. The largest absolute Gasteiger partial charge is 0.444 e. The Hall–Kier alpha value is -3.17. The number of fused-ring (bicyclic) bond motifs is 1. The van der Waals surface area contributed by atoms with Gasteiger partial charge in [0.1, 0.15) is 6.61 Å². The molecule has 2 aliphatic heterocycles. The Morgan fingerprint density at radius 3 is 2.47 bits per heavy atom. The zero-order chi connectivity index (χ0) is 24.3. The number of cyclic esters (lactones) is 1. The molecule has 0 aliphatic carbocycles. The van der Waals surface area contributed by atoms with Gasteiger partial charge in [-0.3, -0.25) is 9.69 Å². The number of sulfonamides is 1. The van der Waals surface area contributed by atoms with Gasteiger partial charge in [-0.2, -0.15) is 4.31 Å². The van der Waals surface area contributed by atoms with Crippen molar-refractivity contribution in [2.24, 2.45) is 0 Å². The normalized spacial score (nSPS) is 17.1. The van der Waals surface area contributed by atoms with E-state index in [1.165, 1.54) is 4.31 Å².